The monoisotopic (exact) mass is 258 g/mol. The molecule has 3 N–H and O–H groups in total. The summed E-state index contributed by atoms with van der Waals surface area (Å²) in [6.45, 7) is 2.36. The second-order valence-electron chi connectivity index (χ2n) is 5.47. The molecule has 0 bridgehead atoms. The highest BCUT2D eigenvalue weighted by Crippen LogP contribution is 2.24. The lowest BCUT2D eigenvalue weighted by Gasteiger charge is -2.28. The molecule has 2 aliphatic rings. The van der Waals surface area contributed by atoms with E-state index in [-0.39, 0.29) is 0 Å². The van der Waals surface area contributed by atoms with Crippen LogP contribution in [0.25, 0.3) is 0 Å². The van der Waals surface area contributed by atoms with E-state index in [4.69, 9.17) is 5.73 Å². The summed E-state index contributed by atoms with van der Waals surface area (Å²) in [7, 11) is 0. The van der Waals surface area contributed by atoms with Gasteiger partial charge in [-0.15, -0.1) is 0 Å². The summed E-state index contributed by atoms with van der Waals surface area (Å²) in [5, 5.41) is 3.15. The smallest absolute Gasteiger partial charge is 0.193 e. The predicted molar refractivity (Wildman–Crippen MR) is 80.8 cm³/mol. The number of benzene rings is 1. The average molecular weight is 258 g/mol. The van der Waals surface area contributed by atoms with Crippen molar-refractivity contribution in [1.29, 1.82) is 0 Å². The Hall–Kier alpha value is -1.71. The molecule has 3 rings (SSSR count). The minimum Gasteiger partial charge on any atom is -0.372 e. The molecule has 1 aromatic rings. The average Bonchev–Trinajstić information content (AvgIpc) is 3.24. The molecule has 1 heterocycles. The zero-order chi connectivity index (χ0) is 13.1. The Labute approximate surface area is 114 Å². The molecule has 0 amide bonds. The summed E-state index contributed by atoms with van der Waals surface area (Å²) in [4.78, 5) is 6.82. The minimum absolute atomic E-state index is 0.458. The summed E-state index contributed by atoms with van der Waals surface area (Å²) in [5.41, 5.74) is 8.18. The van der Waals surface area contributed by atoms with Crippen LogP contribution in [0.15, 0.2) is 29.3 Å². The quantitative estimate of drug-likeness (QED) is 0.647. The summed E-state index contributed by atoms with van der Waals surface area (Å²) in [6, 6.07) is 8.95. The lowest BCUT2D eigenvalue weighted by Crippen LogP contribution is -2.29. The zero-order valence-corrected chi connectivity index (χ0v) is 11.3. The van der Waals surface area contributed by atoms with Crippen molar-refractivity contribution in [3.8, 4) is 0 Å². The number of hydrogen-bond donors (Lipinski definition) is 2. The van der Waals surface area contributed by atoms with Gasteiger partial charge in [-0.2, -0.15) is 0 Å². The van der Waals surface area contributed by atoms with E-state index in [2.05, 4.69) is 39.5 Å². The predicted octanol–water partition coefficient (Wildman–Crippen LogP) is 2.57. The second-order valence-corrected chi connectivity index (χ2v) is 5.47. The highest BCUT2D eigenvalue weighted by Gasteiger charge is 2.20. The summed E-state index contributed by atoms with van der Waals surface area (Å²) in [5.74, 6) is 0.535. The van der Waals surface area contributed by atoms with Crippen molar-refractivity contribution in [1.82, 2.24) is 0 Å². The van der Waals surface area contributed by atoms with Crippen LogP contribution in [0, 0.1) is 0 Å². The fourth-order valence-electron chi connectivity index (χ4n) is 2.49. The van der Waals surface area contributed by atoms with Crippen molar-refractivity contribution in [2.75, 3.05) is 23.3 Å². The topological polar surface area (TPSA) is 53.6 Å². The molecule has 19 heavy (non-hydrogen) atoms. The zero-order valence-electron chi connectivity index (χ0n) is 11.3. The molecule has 4 nitrogen and oxygen atoms in total. The van der Waals surface area contributed by atoms with Crippen LogP contribution in [0.3, 0.4) is 0 Å². The van der Waals surface area contributed by atoms with E-state index >= 15 is 0 Å². The van der Waals surface area contributed by atoms with Gasteiger partial charge in [0.05, 0.1) is 6.04 Å². The first-order valence-corrected chi connectivity index (χ1v) is 7.26. The van der Waals surface area contributed by atoms with E-state index in [1.54, 1.807) is 0 Å². The molecule has 0 spiro atoms. The van der Waals surface area contributed by atoms with Gasteiger partial charge >= 0.3 is 0 Å². The van der Waals surface area contributed by atoms with Crippen LogP contribution in [-0.2, 0) is 0 Å². The maximum atomic E-state index is 5.86. The summed E-state index contributed by atoms with van der Waals surface area (Å²) in [6.07, 6.45) is 6.33. The highest BCUT2D eigenvalue weighted by atomic mass is 15.1. The number of nitrogens with two attached hydrogens (primary N) is 1. The molecule has 1 aromatic carbocycles. The molecular formula is C15H22N4. The van der Waals surface area contributed by atoms with Crippen LogP contribution in [0.5, 0.6) is 0 Å². The lowest BCUT2D eigenvalue weighted by atomic mass is 10.1. The third-order valence-corrected chi connectivity index (χ3v) is 3.73. The van der Waals surface area contributed by atoms with Gasteiger partial charge in [0.2, 0.25) is 0 Å². The third kappa shape index (κ3) is 3.40. The number of piperidine rings is 1. The van der Waals surface area contributed by atoms with Gasteiger partial charge in [-0.05, 0) is 56.4 Å². The molecule has 2 fully saturated rings. The largest absolute Gasteiger partial charge is 0.372 e. The van der Waals surface area contributed by atoms with Crippen LogP contribution in [0.2, 0.25) is 0 Å². The van der Waals surface area contributed by atoms with Crippen LogP contribution in [0.4, 0.5) is 11.4 Å². The Balaban J connectivity index is 1.61. The van der Waals surface area contributed by atoms with Crippen LogP contribution >= 0.6 is 0 Å². The molecular weight excluding hydrogens is 236 g/mol. The summed E-state index contributed by atoms with van der Waals surface area (Å²) >= 11 is 0. The molecule has 0 atom stereocenters. The number of aliphatic imine (C=N–C) groups is 1. The fraction of sp³-hybridized carbons (Fsp3) is 0.533. The number of hydrogen-bond acceptors (Lipinski definition) is 2. The van der Waals surface area contributed by atoms with E-state index in [0.29, 0.717) is 12.0 Å². The van der Waals surface area contributed by atoms with Gasteiger partial charge in [0.1, 0.15) is 0 Å². The van der Waals surface area contributed by atoms with Gasteiger partial charge in [0, 0.05) is 24.5 Å². The Morgan fingerprint density at radius 1 is 1.11 bits per heavy atom. The van der Waals surface area contributed by atoms with Gasteiger partial charge in [-0.1, -0.05) is 0 Å². The molecule has 1 saturated carbocycles. The van der Waals surface area contributed by atoms with Crippen LogP contribution in [-0.4, -0.2) is 25.1 Å². The highest BCUT2D eigenvalue weighted by molar-refractivity contribution is 5.92. The van der Waals surface area contributed by atoms with Crippen molar-refractivity contribution in [2.24, 2.45) is 10.7 Å². The molecule has 102 valence electrons. The maximum Gasteiger partial charge on any atom is 0.193 e. The molecule has 4 heteroatoms. The molecule has 1 aliphatic heterocycles. The summed E-state index contributed by atoms with van der Waals surface area (Å²) < 4.78 is 0. The van der Waals surface area contributed by atoms with Gasteiger partial charge in [-0.3, -0.25) is 0 Å². The van der Waals surface area contributed by atoms with Gasteiger partial charge in [-0.25, -0.2) is 4.99 Å². The standard InChI is InChI=1S/C15H22N4/c16-15(17-12-4-5-12)18-13-6-8-14(9-7-13)19-10-2-1-3-11-19/h6-9,12H,1-5,10-11H2,(H3,16,17,18). The fourth-order valence-corrected chi connectivity index (χ4v) is 2.49. The van der Waals surface area contributed by atoms with E-state index in [1.807, 2.05) is 0 Å². The Morgan fingerprint density at radius 3 is 2.42 bits per heavy atom. The third-order valence-electron chi connectivity index (χ3n) is 3.73. The van der Waals surface area contributed by atoms with Crippen molar-refractivity contribution < 1.29 is 0 Å². The van der Waals surface area contributed by atoms with Crippen molar-refractivity contribution in [2.45, 2.75) is 38.1 Å². The minimum atomic E-state index is 0.458. The maximum absolute atomic E-state index is 5.86. The van der Waals surface area contributed by atoms with Crippen molar-refractivity contribution in [3.63, 3.8) is 0 Å². The number of guanidine groups is 1. The SMILES string of the molecule is NC(=NC1CC1)Nc1ccc(N2CCCCC2)cc1. The molecule has 0 unspecified atom stereocenters. The Kier molecular flexibility index (Phi) is 3.58. The van der Waals surface area contributed by atoms with Crippen LogP contribution in [0.1, 0.15) is 32.1 Å². The first-order valence-electron chi connectivity index (χ1n) is 7.26. The normalized spacial score (nSPS) is 20.4. The van der Waals surface area contributed by atoms with Gasteiger partial charge in [0.25, 0.3) is 0 Å². The van der Waals surface area contributed by atoms with E-state index in [1.165, 1.54) is 50.9 Å². The Bertz CT molecular complexity index is 442. The Morgan fingerprint density at radius 2 is 1.79 bits per heavy atom. The lowest BCUT2D eigenvalue weighted by molar-refractivity contribution is 0.578. The van der Waals surface area contributed by atoms with E-state index < -0.39 is 0 Å². The van der Waals surface area contributed by atoms with Crippen molar-refractivity contribution in [3.05, 3.63) is 24.3 Å². The number of nitrogens with zero attached hydrogens (tertiary/aromatic N) is 2. The molecule has 1 aliphatic carbocycles. The van der Waals surface area contributed by atoms with Gasteiger partial charge in [0.15, 0.2) is 5.96 Å². The molecule has 0 aromatic heterocycles. The number of nitrogens with one attached hydrogen (secondary N) is 1. The molecule has 1 saturated heterocycles. The number of rotatable bonds is 3. The number of anilines is 2. The van der Waals surface area contributed by atoms with Gasteiger partial charge < -0.3 is 16.0 Å². The second kappa shape index (κ2) is 5.51. The first-order chi connectivity index (χ1) is 9.31. The van der Waals surface area contributed by atoms with E-state index in [9.17, 15) is 0 Å². The van der Waals surface area contributed by atoms with Crippen molar-refractivity contribution >= 4 is 17.3 Å². The first kappa shape index (κ1) is 12.3. The van der Waals surface area contributed by atoms with Crippen LogP contribution < -0.4 is 16.0 Å². The molecule has 0 radical (unpaired) electrons. The van der Waals surface area contributed by atoms with E-state index in [0.717, 1.165) is 5.69 Å².